The van der Waals surface area contributed by atoms with E-state index in [0.29, 0.717) is 47.6 Å². The molecule has 6 atom stereocenters. The number of pyridine rings is 1. The fourth-order valence-corrected chi connectivity index (χ4v) is 9.12. The molecule has 13 heteroatoms. The molecule has 3 fully saturated rings. The first-order valence-corrected chi connectivity index (χ1v) is 19.5. The molecule has 1 aliphatic heterocycles. The lowest BCUT2D eigenvalue weighted by molar-refractivity contribution is -0.135. The van der Waals surface area contributed by atoms with Gasteiger partial charge in [-0.3, -0.25) is 14.6 Å². The highest BCUT2D eigenvalue weighted by Crippen LogP contribution is 2.56. The molecule has 2 saturated carbocycles. The molecule has 1 saturated heterocycles. The van der Waals surface area contributed by atoms with Crippen LogP contribution in [0.1, 0.15) is 75.1 Å². The summed E-state index contributed by atoms with van der Waals surface area (Å²) in [7, 11) is 1.27. The molecule has 3 aromatic heterocycles. The smallest absolute Gasteiger partial charge is 0.407 e. The number of hydrogen-bond acceptors (Lipinski definition) is 7. The SMILES string of the molecule is COC(=O)N[C@H](C(=O)N1CCC[C@H]1c1ncc(-c2ccc(-c3ccc(-c4cnc(C5C6CCC(C6)C5C(=O)NCc5cccnc5)[nH]4)cc3)c(F)c2)[nH]1)C(C)C. The molecule has 5 aromatic rings. The van der Waals surface area contributed by atoms with E-state index in [1.807, 2.05) is 62.5 Å². The number of alkyl carbamates (subject to hydrolysis) is 1. The monoisotopic (exact) mass is 758 g/mol. The van der Waals surface area contributed by atoms with E-state index in [4.69, 9.17) is 9.72 Å². The Hall–Kier alpha value is -5.85. The van der Waals surface area contributed by atoms with Gasteiger partial charge in [-0.1, -0.05) is 56.3 Å². The first-order chi connectivity index (χ1) is 27.2. The van der Waals surface area contributed by atoms with Gasteiger partial charge in [-0.2, -0.15) is 0 Å². The second-order valence-corrected chi connectivity index (χ2v) is 15.6. The van der Waals surface area contributed by atoms with Crippen LogP contribution in [-0.2, 0) is 20.9 Å². The van der Waals surface area contributed by atoms with Gasteiger partial charge in [0, 0.05) is 42.5 Å². The summed E-state index contributed by atoms with van der Waals surface area (Å²) < 4.78 is 20.5. The zero-order valence-electron chi connectivity index (χ0n) is 31.8. The van der Waals surface area contributed by atoms with Gasteiger partial charge < -0.3 is 30.2 Å². The number of halogens is 1. The molecule has 2 aromatic carbocycles. The number of carbonyl (C=O) groups excluding carboxylic acids is 3. The number of nitrogens with zero attached hydrogens (tertiary/aromatic N) is 4. The molecule has 2 aliphatic carbocycles. The lowest BCUT2D eigenvalue weighted by atomic mass is 9.78. The summed E-state index contributed by atoms with van der Waals surface area (Å²) in [6.07, 6.45) is 11.1. The molecular weight excluding hydrogens is 712 g/mol. The Morgan fingerprint density at radius 3 is 2.36 bits per heavy atom. The minimum absolute atomic E-state index is 0.0430. The number of H-pyrrole nitrogens is 2. The van der Waals surface area contributed by atoms with Crippen LogP contribution in [0.5, 0.6) is 0 Å². The number of likely N-dealkylation sites (tertiary alicyclic amines) is 1. The predicted octanol–water partition coefficient (Wildman–Crippen LogP) is 7.16. The first kappa shape index (κ1) is 37.1. The Morgan fingerprint density at radius 1 is 0.911 bits per heavy atom. The number of methoxy groups -OCH3 is 1. The van der Waals surface area contributed by atoms with Crippen LogP contribution in [0.15, 0.2) is 79.4 Å². The van der Waals surface area contributed by atoms with Crippen molar-refractivity contribution in [3.8, 4) is 33.6 Å². The van der Waals surface area contributed by atoms with E-state index in [9.17, 15) is 14.4 Å². The van der Waals surface area contributed by atoms with Gasteiger partial charge in [0.1, 0.15) is 23.5 Å². The number of aromatic amines is 2. The van der Waals surface area contributed by atoms with Gasteiger partial charge in [0.2, 0.25) is 11.8 Å². The number of ether oxygens (including phenoxy) is 1. The fraction of sp³-hybridized carbons (Fsp3) is 0.395. The van der Waals surface area contributed by atoms with Crippen molar-refractivity contribution in [2.45, 2.75) is 70.5 Å². The molecule has 2 bridgehead atoms. The zero-order valence-corrected chi connectivity index (χ0v) is 31.8. The predicted molar refractivity (Wildman–Crippen MR) is 208 cm³/mol. The summed E-state index contributed by atoms with van der Waals surface area (Å²) in [5.41, 5.74) is 5.25. The second kappa shape index (κ2) is 15.7. The third-order valence-electron chi connectivity index (χ3n) is 11.9. The second-order valence-electron chi connectivity index (χ2n) is 15.6. The van der Waals surface area contributed by atoms with Crippen molar-refractivity contribution >= 4 is 17.9 Å². The van der Waals surface area contributed by atoms with Crippen molar-refractivity contribution in [2.75, 3.05) is 13.7 Å². The molecule has 8 rings (SSSR count). The number of aromatic nitrogens is 5. The Kier molecular flexibility index (Phi) is 10.4. The van der Waals surface area contributed by atoms with E-state index in [1.54, 1.807) is 29.6 Å². The van der Waals surface area contributed by atoms with Gasteiger partial charge in [0.15, 0.2) is 0 Å². The minimum Gasteiger partial charge on any atom is -0.453 e. The third-order valence-corrected chi connectivity index (χ3v) is 11.9. The van der Waals surface area contributed by atoms with E-state index in [2.05, 4.69) is 30.6 Å². The quantitative estimate of drug-likeness (QED) is 0.111. The van der Waals surface area contributed by atoms with Crippen LogP contribution >= 0.6 is 0 Å². The van der Waals surface area contributed by atoms with Crippen molar-refractivity contribution in [3.63, 3.8) is 0 Å². The number of benzene rings is 2. The van der Waals surface area contributed by atoms with Crippen LogP contribution in [-0.4, -0.2) is 67.4 Å². The lowest BCUT2D eigenvalue weighted by Gasteiger charge is -2.30. The van der Waals surface area contributed by atoms with Crippen LogP contribution in [0.25, 0.3) is 33.6 Å². The summed E-state index contributed by atoms with van der Waals surface area (Å²) in [4.78, 5) is 61.1. The zero-order chi connectivity index (χ0) is 38.9. The molecule has 0 spiro atoms. The number of carbonyl (C=O) groups is 3. The van der Waals surface area contributed by atoms with Gasteiger partial charge in [0.25, 0.3) is 0 Å². The molecule has 3 amide bonds. The van der Waals surface area contributed by atoms with Crippen LogP contribution in [0.2, 0.25) is 0 Å². The van der Waals surface area contributed by atoms with E-state index in [1.165, 1.54) is 13.2 Å². The number of hydrogen-bond donors (Lipinski definition) is 4. The van der Waals surface area contributed by atoms with Crippen LogP contribution in [0.3, 0.4) is 0 Å². The molecular formula is C43H47FN8O4. The topological polar surface area (TPSA) is 158 Å². The van der Waals surface area contributed by atoms with Gasteiger partial charge in [0.05, 0.1) is 42.9 Å². The summed E-state index contributed by atoms with van der Waals surface area (Å²) >= 11 is 0. The van der Waals surface area contributed by atoms with E-state index in [-0.39, 0.29) is 41.4 Å². The molecule has 290 valence electrons. The largest absolute Gasteiger partial charge is 0.453 e. The summed E-state index contributed by atoms with van der Waals surface area (Å²) in [5.74, 6) is 1.56. The van der Waals surface area contributed by atoms with Crippen molar-refractivity contribution in [1.82, 2.24) is 40.5 Å². The van der Waals surface area contributed by atoms with Crippen LogP contribution in [0, 0.1) is 29.5 Å². The van der Waals surface area contributed by atoms with E-state index >= 15 is 4.39 Å². The molecule has 0 radical (unpaired) electrons. The van der Waals surface area contributed by atoms with Crippen LogP contribution in [0.4, 0.5) is 9.18 Å². The Labute approximate surface area is 325 Å². The average Bonchev–Trinajstić information content (AvgIpc) is 4.07. The van der Waals surface area contributed by atoms with Crippen molar-refractivity contribution in [2.24, 2.45) is 23.7 Å². The number of fused-ring (bicyclic) bond motifs is 2. The molecule has 4 N–H and O–H groups in total. The molecule has 56 heavy (non-hydrogen) atoms. The minimum atomic E-state index is -0.728. The molecule has 12 nitrogen and oxygen atoms in total. The first-order valence-electron chi connectivity index (χ1n) is 19.5. The summed E-state index contributed by atoms with van der Waals surface area (Å²) in [6.45, 7) is 4.75. The standard InChI is InChI=1S/C43H47FN8O4/c1-24(2)38(51-43(55)56-3)42(54)52-17-5-7-35(52)39-46-23-34(49-39)28-14-15-31(32(44)19-28)26-8-10-27(11-9-26)33-22-47-40(50-33)36-29-12-13-30(18-29)37(36)41(53)48-21-25-6-4-16-45-20-25/h4,6,8-11,14-16,19-20,22-24,29-30,35-38H,5,7,12-13,17-18,21H2,1-3H3,(H,46,49)(H,47,50)(H,48,53)(H,51,55)/t29?,30?,35-,36?,37?,38-/m0/s1. The highest BCUT2D eigenvalue weighted by Gasteiger charge is 2.52. The Balaban J connectivity index is 0.937. The van der Waals surface area contributed by atoms with E-state index in [0.717, 1.165) is 60.3 Å². The highest BCUT2D eigenvalue weighted by molar-refractivity contribution is 5.86. The highest BCUT2D eigenvalue weighted by atomic mass is 19.1. The molecule has 3 aliphatic rings. The van der Waals surface area contributed by atoms with Gasteiger partial charge in [-0.15, -0.1) is 0 Å². The number of amides is 3. The third kappa shape index (κ3) is 7.29. The van der Waals surface area contributed by atoms with E-state index < -0.39 is 12.1 Å². The maximum atomic E-state index is 15.7. The van der Waals surface area contributed by atoms with Gasteiger partial charge >= 0.3 is 6.09 Å². The molecule has 4 heterocycles. The Bertz CT molecular complexity index is 2200. The van der Waals surface area contributed by atoms with Crippen LogP contribution < -0.4 is 10.6 Å². The van der Waals surface area contributed by atoms with Gasteiger partial charge in [-0.05, 0) is 78.7 Å². The average molecular weight is 759 g/mol. The van der Waals surface area contributed by atoms with Gasteiger partial charge in [-0.25, -0.2) is 19.2 Å². The summed E-state index contributed by atoms with van der Waals surface area (Å²) in [6, 6.07) is 15.7. The normalized spacial score (nSPS) is 22.0. The van der Waals surface area contributed by atoms with Crippen molar-refractivity contribution in [3.05, 3.63) is 102 Å². The Morgan fingerprint density at radius 2 is 1.62 bits per heavy atom. The summed E-state index contributed by atoms with van der Waals surface area (Å²) in [5, 5.41) is 5.82. The number of rotatable bonds is 11. The molecule has 4 unspecified atom stereocenters. The maximum Gasteiger partial charge on any atom is 0.407 e. The fourth-order valence-electron chi connectivity index (χ4n) is 9.12. The van der Waals surface area contributed by atoms with Crippen molar-refractivity contribution in [1.29, 1.82) is 0 Å². The lowest BCUT2D eigenvalue weighted by Crippen LogP contribution is -2.51. The number of imidazole rings is 2. The van der Waals surface area contributed by atoms with Crippen molar-refractivity contribution < 1.29 is 23.5 Å². The maximum absolute atomic E-state index is 15.7. The number of nitrogens with one attached hydrogen (secondary N) is 4.